The number of anilines is 1. The van der Waals surface area contributed by atoms with Gasteiger partial charge in [-0.05, 0) is 31.0 Å². The second kappa shape index (κ2) is 14.1. The summed E-state index contributed by atoms with van der Waals surface area (Å²) in [6.45, 7) is 11.3. The van der Waals surface area contributed by atoms with Crippen LogP contribution in [-0.2, 0) is 6.54 Å². The van der Waals surface area contributed by atoms with Crippen molar-refractivity contribution >= 4 is 35.9 Å². The zero-order valence-corrected chi connectivity index (χ0v) is 21.7. The van der Waals surface area contributed by atoms with E-state index in [9.17, 15) is 0 Å². The molecule has 2 aromatic rings. The molecular formula is C23H36IN7O. The lowest BCUT2D eigenvalue weighted by Crippen LogP contribution is -2.49. The molecule has 1 aromatic carbocycles. The van der Waals surface area contributed by atoms with Gasteiger partial charge in [-0.15, -0.1) is 24.0 Å². The van der Waals surface area contributed by atoms with E-state index in [0.29, 0.717) is 6.54 Å². The Hall–Kier alpha value is -2.14. The van der Waals surface area contributed by atoms with Gasteiger partial charge in [0.05, 0.1) is 6.61 Å². The molecule has 0 unspecified atom stereocenters. The fourth-order valence-corrected chi connectivity index (χ4v) is 3.51. The topological polar surface area (TPSA) is 77.9 Å². The van der Waals surface area contributed by atoms with Crippen LogP contribution in [0.25, 0.3) is 0 Å². The number of rotatable bonds is 9. The second-order valence-corrected chi connectivity index (χ2v) is 7.69. The van der Waals surface area contributed by atoms with E-state index in [2.05, 4.69) is 67.4 Å². The Morgan fingerprint density at radius 2 is 1.88 bits per heavy atom. The van der Waals surface area contributed by atoms with E-state index >= 15 is 0 Å². The minimum atomic E-state index is 0. The van der Waals surface area contributed by atoms with Crippen LogP contribution in [0.4, 0.5) is 5.95 Å². The molecule has 1 aromatic heterocycles. The first kappa shape index (κ1) is 26.1. The minimum absolute atomic E-state index is 0. The molecule has 176 valence electrons. The highest BCUT2D eigenvalue weighted by molar-refractivity contribution is 14.0. The maximum Gasteiger partial charge on any atom is 0.225 e. The van der Waals surface area contributed by atoms with E-state index in [4.69, 9.17) is 4.74 Å². The molecule has 0 atom stereocenters. The Kier molecular flexibility index (Phi) is 11.5. The van der Waals surface area contributed by atoms with Gasteiger partial charge in [0.1, 0.15) is 5.75 Å². The summed E-state index contributed by atoms with van der Waals surface area (Å²) in [4.78, 5) is 17.7. The lowest BCUT2D eigenvalue weighted by Gasteiger charge is -2.34. The maximum atomic E-state index is 5.91. The summed E-state index contributed by atoms with van der Waals surface area (Å²) in [6.07, 6.45) is 4.59. The number of benzene rings is 1. The van der Waals surface area contributed by atoms with E-state index in [-0.39, 0.29) is 24.0 Å². The van der Waals surface area contributed by atoms with E-state index in [1.807, 2.05) is 6.07 Å². The predicted molar refractivity (Wildman–Crippen MR) is 141 cm³/mol. The van der Waals surface area contributed by atoms with Gasteiger partial charge in [-0.25, -0.2) is 9.97 Å². The number of aromatic nitrogens is 2. The third-order valence-electron chi connectivity index (χ3n) is 5.28. The molecule has 2 N–H and O–H groups in total. The van der Waals surface area contributed by atoms with Crippen molar-refractivity contribution in [1.82, 2.24) is 25.5 Å². The smallest absolute Gasteiger partial charge is 0.225 e. The van der Waals surface area contributed by atoms with Gasteiger partial charge >= 0.3 is 0 Å². The van der Waals surface area contributed by atoms with Gasteiger partial charge in [-0.1, -0.05) is 19.1 Å². The number of nitrogens with one attached hydrogen (secondary N) is 2. The monoisotopic (exact) mass is 553 g/mol. The van der Waals surface area contributed by atoms with Crippen LogP contribution < -0.4 is 20.3 Å². The van der Waals surface area contributed by atoms with Crippen LogP contribution in [-0.4, -0.2) is 73.8 Å². The summed E-state index contributed by atoms with van der Waals surface area (Å²) < 4.78 is 5.91. The van der Waals surface area contributed by atoms with Crippen LogP contribution in [0.5, 0.6) is 5.75 Å². The molecule has 0 radical (unpaired) electrons. The number of aryl methyl sites for hydroxylation is 1. The molecule has 0 bridgehead atoms. The van der Waals surface area contributed by atoms with Gasteiger partial charge in [-0.3, -0.25) is 9.89 Å². The van der Waals surface area contributed by atoms with Crippen molar-refractivity contribution in [3.8, 4) is 5.75 Å². The van der Waals surface area contributed by atoms with Crippen LogP contribution in [0.15, 0.2) is 41.7 Å². The van der Waals surface area contributed by atoms with Crippen molar-refractivity contribution in [2.75, 3.05) is 57.8 Å². The summed E-state index contributed by atoms with van der Waals surface area (Å²) in [5.74, 6) is 2.58. The lowest BCUT2D eigenvalue weighted by molar-refractivity contribution is 0.260. The Bertz CT molecular complexity index is 826. The Balaban J connectivity index is 0.00000363. The molecule has 0 aliphatic carbocycles. The Morgan fingerprint density at radius 3 is 2.56 bits per heavy atom. The van der Waals surface area contributed by atoms with Gasteiger partial charge in [0.2, 0.25) is 5.95 Å². The fourth-order valence-electron chi connectivity index (χ4n) is 3.51. The summed E-state index contributed by atoms with van der Waals surface area (Å²) in [5, 5.41) is 6.83. The van der Waals surface area contributed by atoms with Gasteiger partial charge in [0.15, 0.2) is 5.96 Å². The average molecular weight is 553 g/mol. The van der Waals surface area contributed by atoms with Crippen LogP contribution >= 0.6 is 24.0 Å². The normalized spacial score (nSPS) is 14.6. The third kappa shape index (κ3) is 8.09. The first-order valence-corrected chi connectivity index (χ1v) is 11.1. The number of halogens is 1. The Morgan fingerprint density at radius 1 is 1.12 bits per heavy atom. The highest BCUT2D eigenvalue weighted by Gasteiger charge is 2.18. The number of hydrogen-bond donors (Lipinski definition) is 2. The van der Waals surface area contributed by atoms with Crippen molar-refractivity contribution in [2.24, 2.45) is 4.99 Å². The van der Waals surface area contributed by atoms with Crippen molar-refractivity contribution in [3.63, 3.8) is 0 Å². The van der Waals surface area contributed by atoms with E-state index in [1.54, 1.807) is 19.4 Å². The molecule has 1 fully saturated rings. The summed E-state index contributed by atoms with van der Waals surface area (Å²) in [5.41, 5.74) is 2.34. The number of guanidine groups is 1. The molecule has 1 aliphatic heterocycles. The van der Waals surface area contributed by atoms with Gasteiger partial charge in [-0.2, -0.15) is 0 Å². The number of hydrogen-bond acceptors (Lipinski definition) is 6. The molecular weight excluding hydrogens is 517 g/mol. The molecule has 3 rings (SSSR count). The number of aliphatic imine (C=N–C) groups is 1. The minimum Gasteiger partial charge on any atom is -0.493 e. The first-order valence-electron chi connectivity index (χ1n) is 11.1. The van der Waals surface area contributed by atoms with Gasteiger partial charge < -0.3 is 20.3 Å². The molecule has 2 heterocycles. The SMILES string of the molecule is CCCOc1cc(C)ccc1CNC(=NC)NCCN1CCN(c2ncccn2)CC1.I. The van der Waals surface area contributed by atoms with Crippen molar-refractivity contribution in [1.29, 1.82) is 0 Å². The van der Waals surface area contributed by atoms with E-state index in [0.717, 1.165) is 75.5 Å². The van der Waals surface area contributed by atoms with Crippen molar-refractivity contribution in [2.45, 2.75) is 26.8 Å². The van der Waals surface area contributed by atoms with Crippen LogP contribution in [0.2, 0.25) is 0 Å². The first-order chi connectivity index (χ1) is 15.2. The third-order valence-corrected chi connectivity index (χ3v) is 5.28. The van der Waals surface area contributed by atoms with Crippen LogP contribution in [0, 0.1) is 6.92 Å². The predicted octanol–water partition coefficient (Wildman–Crippen LogP) is 2.68. The maximum absolute atomic E-state index is 5.91. The van der Waals surface area contributed by atoms with Crippen LogP contribution in [0.3, 0.4) is 0 Å². The molecule has 0 amide bonds. The van der Waals surface area contributed by atoms with Gasteiger partial charge in [0.25, 0.3) is 0 Å². The largest absolute Gasteiger partial charge is 0.493 e. The van der Waals surface area contributed by atoms with E-state index < -0.39 is 0 Å². The average Bonchev–Trinajstić information content (AvgIpc) is 2.81. The molecule has 0 spiro atoms. The standard InChI is InChI=1S/C23H35N7O.HI/c1-4-16-31-21-17-19(2)6-7-20(21)18-28-22(24-3)25-10-11-29-12-14-30(15-13-29)23-26-8-5-9-27-23;/h5-9,17H,4,10-16,18H2,1-3H3,(H2,24,25,28);1H. The molecule has 9 heteroatoms. The summed E-state index contributed by atoms with van der Waals surface area (Å²) >= 11 is 0. The van der Waals surface area contributed by atoms with Crippen LogP contribution in [0.1, 0.15) is 24.5 Å². The zero-order valence-electron chi connectivity index (χ0n) is 19.4. The second-order valence-electron chi connectivity index (χ2n) is 7.69. The Labute approximate surface area is 208 Å². The highest BCUT2D eigenvalue weighted by Crippen LogP contribution is 2.20. The van der Waals surface area contributed by atoms with Crippen molar-refractivity contribution in [3.05, 3.63) is 47.8 Å². The molecule has 0 saturated carbocycles. The number of ether oxygens (including phenoxy) is 1. The molecule has 8 nitrogen and oxygen atoms in total. The number of piperazine rings is 1. The zero-order chi connectivity index (χ0) is 21.9. The molecule has 32 heavy (non-hydrogen) atoms. The lowest BCUT2D eigenvalue weighted by atomic mass is 10.1. The van der Waals surface area contributed by atoms with Gasteiger partial charge in [0, 0.05) is 70.8 Å². The highest BCUT2D eigenvalue weighted by atomic mass is 127. The summed E-state index contributed by atoms with van der Waals surface area (Å²) in [6, 6.07) is 8.19. The molecule has 1 saturated heterocycles. The van der Waals surface area contributed by atoms with Crippen molar-refractivity contribution < 1.29 is 4.74 Å². The summed E-state index contributed by atoms with van der Waals surface area (Å²) in [7, 11) is 1.80. The number of nitrogens with zero attached hydrogens (tertiary/aromatic N) is 5. The fraction of sp³-hybridized carbons (Fsp3) is 0.522. The molecule has 1 aliphatic rings. The quantitative estimate of drug-likeness (QED) is 0.281. The van der Waals surface area contributed by atoms with E-state index in [1.165, 1.54) is 5.56 Å².